The Bertz CT molecular complexity index is 1440. The second kappa shape index (κ2) is 14.2. The zero-order chi connectivity index (χ0) is 31.3. The zero-order valence-electron chi connectivity index (χ0n) is 23.4. The van der Waals surface area contributed by atoms with Crippen LogP contribution >= 0.6 is 34.7 Å². The van der Waals surface area contributed by atoms with Gasteiger partial charge in [-0.2, -0.15) is 0 Å². The quantitative estimate of drug-likeness (QED) is 0.232. The molecule has 1 fully saturated rings. The average molecular weight is 651 g/mol. The lowest BCUT2D eigenvalue weighted by Crippen LogP contribution is -2.61. The molecule has 2 aliphatic heterocycles. The normalized spacial score (nSPS) is 24.3. The van der Waals surface area contributed by atoms with E-state index >= 15 is 0 Å². The molecule has 0 N–H and O–H groups in total. The molecule has 1 saturated heterocycles. The number of ether oxygens (including phenoxy) is 5. The van der Waals surface area contributed by atoms with Gasteiger partial charge in [-0.1, -0.05) is 29.4 Å². The highest BCUT2D eigenvalue weighted by molar-refractivity contribution is 8.14. The number of nitrogens with zero attached hydrogens (tertiary/aromatic N) is 2. The predicted octanol–water partition coefficient (Wildman–Crippen LogP) is 3.96. The number of hydrogen-bond donors (Lipinski definition) is 0. The topological polar surface area (TPSA) is 147 Å². The smallest absolute Gasteiger partial charge is 0.303 e. The molecule has 0 radical (unpaired) electrons. The van der Waals surface area contributed by atoms with Crippen molar-refractivity contribution in [3.63, 3.8) is 0 Å². The van der Waals surface area contributed by atoms with E-state index in [2.05, 4.69) is 4.99 Å². The number of benzene rings is 1. The standard InChI is InChI=1S/C28H27ClN2O10S2/c1-14(32)37-13-22-23(38-15(2)33)24(39-16(3)34)25(40-17(4)35)27(41-22)43-28-30-21(12-20-6-5-11-42-20)26(36)31(28)19-9-7-18(29)8-10-19/h5-12,22-25,27H,13H2,1-4H3/b21-12-/t22-,23+,24-,25+,27-/m0/s1. The molecule has 0 bridgehead atoms. The molecule has 4 rings (SSSR count). The SMILES string of the molecule is CC(=O)OC[C@@H]1O[C@@H](SC2=N/C(=C\c3cccs3)C(=O)N2c2ccc(Cl)cc2)[C@H](OC(C)=O)[C@@H](OC(C)=O)[C@@H]1OC(C)=O. The first-order valence-electron chi connectivity index (χ1n) is 12.8. The van der Waals surface area contributed by atoms with Gasteiger partial charge in [0, 0.05) is 37.6 Å². The van der Waals surface area contributed by atoms with Crippen molar-refractivity contribution in [1.29, 1.82) is 0 Å². The van der Waals surface area contributed by atoms with Crippen LogP contribution in [-0.4, -0.2) is 71.4 Å². The number of hydrogen-bond acceptors (Lipinski definition) is 13. The lowest BCUT2D eigenvalue weighted by molar-refractivity contribution is -0.237. The number of thiophene rings is 1. The minimum atomic E-state index is -1.36. The van der Waals surface area contributed by atoms with Crippen molar-refractivity contribution in [3.8, 4) is 0 Å². The van der Waals surface area contributed by atoms with Crippen LogP contribution in [0.2, 0.25) is 5.02 Å². The predicted molar refractivity (Wildman–Crippen MR) is 158 cm³/mol. The van der Waals surface area contributed by atoms with E-state index in [0.29, 0.717) is 10.7 Å². The van der Waals surface area contributed by atoms with Crippen molar-refractivity contribution in [2.75, 3.05) is 11.5 Å². The number of carbonyl (C=O) groups excluding carboxylic acids is 5. The highest BCUT2D eigenvalue weighted by atomic mass is 35.5. The summed E-state index contributed by atoms with van der Waals surface area (Å²) in [5.41, 5.74) is -0.602. The molecule has 0 aliphatic carbocycles. The molecular formula is C28H27ClN2O10S2. The van der Waals surface area contributed by atoms with Crippen LogP contribution in [0.15, 0.2) is 52.5 Å². The minimum absolute atomic E-state index is 0.130. The molecule has 1 aromatic heterocycles. The highest BCUT2D eigenvalue weighted by Gasteiger charge is 2.53. The Hall–Kier alpha value is -3.72. The Balaban J connectivity index is 1.78. The fraction of sp³-hybridized carbons (Fsp3) is 0.357. The Morgan fingerprint density at radius 2 is 1.58 bits per heavy atom. The molecule has 2 aliphatic rings. The summed E-state index contributed by atoms with van der Waals surface area (Å²) in [5, 5.41) is 2.46. The van der Waals surface area contributed by atoms with Crippen LogP contribution in [0.4, 0.5) is 5.69 Å². The molecule has 0 unspecified atom stereocenters. The summed E-state index contributed by atoms with van der Waals surface area (Å²) in [7, 11) is 0. The monoisotopic (exact) mass is 650 g/mol. The van der Waals surface area contributed by atoms with Crippen LogP contribution < -0.4 is 4.90 Å². The van der Waals surface area contributed by atoms with E-state index in [1.54, 1.807) is 30.3 Å². The third-order valence-electron chi connectivity index (χ3n) is 5.91. The van der Waals surface area contributed by atoms with Crippen LogP contribution in [0.5, 0.6) is 0 Å². The number of thioether (sulfide) groups is 1. The van der Waals surface area contributed by atoms with Crippen LogP contribution in [0, 0.1) is 0 Å². The third kappa shape index (κ3) is 8.22. The summed E-state index contributed by atoms with van der Waals surface area (Å²) >= 11 is 8.41. The maximum absolute atomic E-state index is 13.6. The maximum atomic E-state index is 13.6. The van der Waals surface area contributed by atoms with Crippen molar-refractivity contribution < 1.29 is 47.7 Å². The largest absolute Gasteiger partial charge is 0.463 e. The number of esters is 4. The lowest BCUT2D eigenvalue weighted by Gasteiger charge is -2.44. The molecule has 43 heavy (non-hydrogen) atoms. The van der Waals surface area contributed by atoms with E-state index in [1.165, 1.54) is 23.2 Å². The van der Waals surface area contributed by atoms with Gasteiger partial charge >= 0.3 is 23.9 Å². The third-order valence-corrected chi connectivity index (χ3v) is 8.07. The maximum Gasteiger partial charge on any atom is 0.303 e. The Morgan fingerprint density at radius 3 is 2.16 bits per heavy atom. The van der Waals surface area contributed by atoms with E-state index in [-0.39, 0.29) is 17.5 Å². The molecule has 2 aromatic rings. The molecule has 228 valence electrons. The molecule has 15 heteroatoms. The first-order chi connectivity index (χ1) is 20.4. The Kier molecular flexibility index (Phi) is 10.6. The summed E-state index contributed by atoms with van der Waals surface area (Å²) < 4.78 is 27.8. The first-order valence-corrected chi connectivity index (χ1v) is 15.0. The summed E-state index contributed by atoms with van der Waals surface area (Å²) in [6.45, 7) is 4.23. The van der Waals surface area contributed by atoms with Crippen molar-refractivity contribution >= 4 is 81.4 Å². The van der Waals surface area contributed by atoms with Crippen LogP contribution in [0.1, 0.15) is 32.6 Å². The van der Waals surface area contributed by atoms with E-state index < -0.39 is 59.6 Å². The number of anilines is 1. The van der Waals surface area contributed by atoms with Gasteiger partial charge in [-0.25, -0.2) is 4.99 Å². The van der Waals surface area contributed by atoms with Crippen LogP contribution in [0.3, 0.4) is 0 Å². The number of amides is 1. The minimum Gasteiger partial charge on any atom is -0.463 e. The first kappa shape index (κ1) is 32.2. The summed E-state index contributed by atoms with van der Waals surface area (Å²) in [6, 6.07) is 10.2. The fourth-order valence-electron chi connectivity index (χ4n) is 4.29. The fourth-order valence-corrected chi connectivity index (χ4v) is 6.26. The second-order valence-corrected chi connectivity index (χ2v) is 11.7. The Labute approximate surface area is 259 Å². The summed E-state index contributed by atoms with van der Waals surface area (Å²) in [5.74, 6) is -3.32. The van der Waals surface area contributed by atoms with Gasteiger partial charge in [-0.05, 0) is 41.8 Å². The van der Waals surface area contributed by atoms with Gasteiger partial charge in [0.1, 0.15) is 18.4 Å². The number of rotatable bonds is 8. The zero-order valence-corrected chi connectivity index (χ0v) is 25.8. The molecule has 0 saturated carbocycles. The van der Waals surface area contributed by atoms with Crippen molar-refractivity contribution in [1.82, 2.24) is 0 Å². The van der Waals surface area contributed by atoms with Gasteiger partial charge in [0.2, 0.25) is 0 Å². The number of amidine groups is 1. The van der Waals surface area contributed by atoms with Gasteiger partial charge in [-0.15, -0.1) is 11.3 Å². The second-order valence-electron chi connectivity index (χ2n) is 9.24. The average Bonchev–Trinajstić information content (AvgIpc) is 3.54. The van der Waals surface area contributed by atoms with Gasteiger partial charge in [0.05, 0.1) is 5.69 Å². The number of carbonyl (C=O) groups is 5. The van der Waals surface area contributed by atoms with E-state index in [0.717, 1.165) is 37.4 Å². The number of halogens is 1. The Morgan fingerprint density at radius 1 is 0.953 bits per heavy atom. The number of aliphatic imine (C=N–C) groups is 1. The molecule has 1 aromatic carbocycles. The van der Waals surface area contributed by atoms with E-state index in [9.17, 15) is 24.0 Å². The van der Waals surface area contributed by atoms with Crippen molar-refractivity contribution in [2.24, 2.45) is 4.99 Å². The molecule has 5 atom stereocenters. The lowest BCUT2D eigenvalue weighted by atomic mass is 9.99. The molecular weight excluding hydrogens is 624 g/mol. The van der Waals surface area contributed by atoms with Crippen LogP contribution in [0.25, 0.3) is 6.08 Å². The molecule has 0 spiro atoms. The van der Waals surface area contributed by atoms with Crippen molar-refractivity contribution in [2.45, 2.75) is 57.5 Å². The molecule has 12 nitrogen and oxygen atoms in total. The van der Waals surface area contributed by atoms with E-state index in [1.807, 2.05) is 17.5 Å². The van der Waals surface area contributed by atoms with Gasteiger partial charge < -0.3 is 23.7 Å². The van der Waals surface area contributed by atoms with Gasteiger partial charge in [0.15, 0.2) is 28.9 Å². The van der Waals surface area contributed by atoms with Gasteiger partial charge in [0.25, 0.3) is 5.91 Å². The van der Waals surface area contributed by atoms with Crippen molar-refractivity contribution in [3.05, 3.63) is 57.4 Å². The molecule has 3 heterocycles. The molecule has 1 amide bonds. The van der Waals surface area contributed by atoms with Crippen LogP contribution in [-0.2, 0) is 47.7 Å². The van der Waals surface area contributed by atoms with Gasteiger partial charge in [-0.3, -0.25) is 28.9 Å². The highest BCUT2D eigenvalue weighted by Crippen LogP contribution is 2.39. The summed E-state index contributed by atoms with van der Waals surface area (Å²) in [6.07, 6.45) is -3.52. The summed E-state index contributed by atoms with van der Waals surface area (Å²) in [4.78, 5) is 68.4. The van der Waals surface area contributed by atoms with E-state index in [4.69, 9.17) is 35.3 Å².